The molecule has 0 bridgehead atoms. The molecule has 3 aliphatic heterocycles. The first-order valence-corrected chi connectivity index (χ1v) is 12.1. The predicted molar refractivity (Wildman–Crippen MR) is 129 cm³/mol. The average Bonchev–Trinajstić information content (AvgIpc) is 3.55. The highest BCUT2D eigenvalue weighted by molar-refractivity contribution is 6.13. The maximum absolute atomic E-state index is 13.1. The molecule has 0 amide bonds. The minimum absolute atomic E-state index is 0.0731. The molecule has 11 nitrogen and oxygen atoms in total. The van der Waals surface area contributed by atoms with Crippen molar-refractivity contribution in [1.82, 2.24) is 0 Å². The zero-order valence-electron chi connectivity index (χ0n) is 20.3. The third kappa shape index (κ3) is 3.78. The number of carbonyl (C=O) groups is 1. The maximum atomic E-state index is 13.1. The zero-order valence-corrected chi connectivity index (χ0v) is 20.3. The summed E-state index contributed by atoms with van der Waals surface area (Å²) in [7, 11) is 0. The van der Waals surface area contributed by atoms with Crippen LogP contribution in [0.25, 0.3) is 21.9 Å². The average molecular weight is 526 g/mol. The van der Waals surface area contributed by atoms with E-state index in [9.17, 15) is 30.3 Å². The third-order valence-corrected chi connectivity index (χ3v) is 7.28. The summed E-state index contributed by atoms with van der Waals surface area (Å²) >= 11 is 0. The van der Waals surface area contributed by atoms with Gasteiger partial charge in [-0.25, -0.2) is 4.79 Å². The van der Waals surface area contributed by atoms with Gasteiger partial charge in [0.15, 0.2) is 11.5 Å². The third-order valence-electron chi connectivity index (χ3n) is 7.28. The van der Waals surface area contributed by atoms with E-state index < -0.39 is 36.7 Å². The van der Waals surface area contributed by atoms with E-state index in [0.29, 0.717) is 50.1 Å². The van der Waals surface area contributed by atoms with E-state index in [1.165, 1.54) is 6.92 Å². The van der Waals surface area contributed by atoms with Gasteiger partial charge in [0.05, 0.1) is 24.9 Å². The quantitative estimate of drug-likeness (QED) is 0.302. The van der Waals surface area contributed by atoms with Crippen molar-refractivity contribution in [3.05, 3.63) is 52.6 Å². The number of aliphatic hydroxyl groups excluding tert-OH is 5. The molecule has 0 spiro atoms. The monoisotopic (exact) mass is 526 g/mol. The lowest BCUT2D eigenvalue weighted by Gasteiger charge is -2.39. The molecule has 3 aromatic rings. The fourth-order valence-electron chi connectivity index (χ4n) is 5.23. The summed E-state index contributed by atoms with van der Waals surface area (Å²) < 4.78 is 28.2. The normalized spacial score (nSPS) is 25.9. The number of hydrogen-bond acceptors (Lipinski definition) is 11. The van der Waals surface area contributed by atoms with Crippen LogP contribution in [0.15, 0.2) is 30.3 Å². The van der Waals surface area contributed by atoms with Crippen molar-refractivity contribution >= 4 is 16.7 Å². The Morgan fingerprint density at radius 2 is 1.58 bits per heavy atom. The van der Waals surface area contributed by atoms with Crippen LogP contribution in [0.5, 0.6) is 17.2 Å². The number of cyclic esters (lactones) is 1. The summed E-state index contributed by atoms with van der Waals surface area (Å²) in [5.74, 6) is 0.634. The Labute approximate surface area is 216 Å². The smallest absolute Gasteiger partial charge is 0.339 e. The summed E-state index contributed by atoms with van der Waals surface area (Å²) in [4.78, 5) is 13.1. The van der Waals surface area contributed by atoms with Gasteiger partial charge in [-0.15, -0.1) is 0 Å². The Balaban J connectivity index is 1.61. The van der Waals surface area contributed by atoms with Gasteiger partial charge in [0.1, 0.15) is 30.7 Å². The molecule has 3 aromatic carbocycles. The molecular formula is C27H26O11. The summed E-state index contributed by atoms with van der Waals surface area (Å²) in [6, 6.07) is 8.56. The summed E-state index contributed by atoms with van der Waals surface area (Å²) in [6.45, 7) is 0.740. The van der Waals surface area contributed by atoms with E-state index in [-0.39, 0.29) is 37.9 Å². The van der Waals surface area contributed by atoms with Crippen LogP contribution in [-0.4, -0.2) is 69.0 Å². The van der Waals surface area contributed by atoms with Gasteiger partial charge in [0.2, 0.25) is 13.1 Å². The predicted octanol–water partition coefficient (Wildman–Crippen LogP) is 1.10. The molecule has 1 unspecified atom stereocenters. The fraction of sp³-hybridized carbons (Fsp3) is 0.370. The SMILES string of the molecule is C[C@@H]1OC(Oc2c3c(c(-c4ccc5c(c4)OCO5)c4cc(CO)c(CO)cc24)C(=O)OC3)[C@@H](O)[C@H](O)[C@@H]1O. The van der Waals surface area contributed by atoms with Crippen LogP contribution in [0.1, 0.15) is 34.0 Å². The molecule has 5 atom stereocenters. The Morgan fingerprint density at radius 1 is 0.868 bits per heavy atom. The fourth-order valence-corrected chi connectivity index (χ4v) is 5.23. The lowest BCUT2D eigenvalue weighted by atomic mass is 9.87. The van der Waals surface area contributed by atoms with E-state index >= 15 is 0 Å². The van der Waals surface area contributed by atoms with Crippen LogP contribution < -0.4 is 14.2 Å². The number of hydrogen-bond donors (Lipinski definition) is 5. The standard InChI is InChI=1S/C27H26O11/c1-11-22(30)23(31)24(32)27(37-11)38-25-16-5-14(8-29)13(7-28)4-15(16)20(21-17(25)9-34-26(21)33)12-2-3-18-19(6-12)36-10-35-18/h2-6,11,22-24,27-32H,7-10H2,1H3/t11-,22+,23+,24-,27?/m0/s1. The second-order valence-electron chi connectivity index (χ2n) is 9.48. The molecule has 0 radical (unpaired) electrons. The molecule has 0 aromatic heterocycles. The van der Waals surface area contributed by atoms with Crippen LogP contribution in [-0.2, 0) is 29.3 Å². The number of rotatable bonds is 5. The van der Waals surface area contributed by atoms with E-state index in [1.54, 1.807) is 30.3 Å². The van der Waals surface area contributed by atoms with Gasteiger partial charge in [0, 0.05) is 16.5 Å². The van der Waals surface area contributed by atoms with Gasteiger partial charge in [-0.2, -0.15) is 0 Å². The molecule has 200 valence electrons. The van der Waals surface area contributed by atoms with Crippen LogP contribution in [0.3, 0.4) is 0 Å². The lowest BCUT2D eigenvalue weighted by molar-refractivity contribution is -0.268. The Hall–Kier alpha value is -3.45. The Bertz CT molecular complexity index is 1430. The molecule has 1 fully saturated rings. The second kappa shape index (κ2) is 9.38. The summed E-state index contributed by atoms with van der Waals surface area (Å²) in [5.41, 5.74) is 2.63. The van der Waals surface area contributed by atoms with Crippen molar-refractivity contribution in [3.8, 4) is 28.4 Å². The van der Waals surface area contributed by atoms with Gasteiger partial charge in [-0.1, -0.05) is 6.07 Å². The molecule has 1 saturated heterocycles. The minimum Gasteiger partial charge on any atom is -0.461 e. The van der Waals surface area contributed by atoms with Crippen LogP contribution in [0.2, 0.25) is 0 Å². The van der Waals surface area contributed by atoms with Gasteiger partial charge in [0.25, 0.3) is 0 Å². The van der Waals surface area contributed by atoms with Gasteiger partial charge >= 0.3 is 5.97 Å². The molecule has 0 aliphatic carbocycles. The number of fused-ring (bicyclic) bond motifs is 3. The van der Waals surface area contributed by atoms with E-state index in [1.807, 2.05) is 0 Å². The van der Waals surface area contributed by atoms with Crippen LogP contribution in [0, 0.1) is 0 Å². The van der Waals surface area contributed by atoms with Crippen molar-refractivity contribution in [3.63, 3.8) is 0 Å². The van der Waals surface area contributed by atoms with Crippen molar-refractivity contribution < 1.29 is 54.0 Å². The number of carbonyl (C=O) groups excluding carboxylic acids is 1. The Kier molecular flexibility index (Phi) is 6.14. The summed E-state index contributed by atoms with van der Waals surface area (Å²) in [6.07, 6.45) is -6.66. The van der Waals surface area contributed by atoms with Crippen LogP contribution in [0.4, 0.5) is 0 Å². The maximum Gasteiger partial charge on any atom is 0.339 e. The number of ether oxygens (including phenoxy) is 5. The molecule has 11 heteroatoms. The van der Waals surface area contributed by atoms with E-state index in [4.69, 9.17) is 23.7 Å². The Morgan fingerprint density at radius 3 is 2.32 bits per heavy atom. The highest BCUT2D eigenvalue weighted by atomic mass is 16.7. The molecule has 38 heavy (non-hydrogen) atoms. The first kappa shape index (κ1) is 24.9. The highest BCUT2D eigenvalue weighted by Gasteiger charge is 2.44. The van der Waals surface area contributed by atoms with Crippen molar-refractivity contribution in [1.29, 1.82) is 0 Å². The second-order valence-corrected chi connectivity index (χ2v) is 9.48. The lowest BCUT2D eigenvalue weighted by Crippen LogP contribution is -2.58. The molecule has 3 aliphatic rings. The summed E-state index contributed by atoms with van der Waals surface area (Å²) in [5, 5.41) is 52.0. The van der Waals surface area contributed by atoms with E-state index in [0.717, 1.165) is 0 Å². The number of aliphatic hydroxyl groups is 5. The highest BCUT2D eigenvalue weighted by Crippen LogP contribution is 2.48. The molecule has 3 heterocycles. The van der Waals surface area contributed by atoms with Gasteiger partial charge in [-0.3, -0.25) is 0 Å². The van der Waals surface area contributed by atoms with Gasteiger partial charge < -0.3 is 49.2 Å². The molecule has 0 saturated carbocycles. The van der Waals surface area contributed by atoms with Gasteiger partial charge in [-0.05, 0) is 53.3 Å². The zero-order chi connectivity index (χ0) is 26.7. The largest absolute Gasteiger partial charge is 0.461 e. The molecular weight excluding hydrogens is 500 g/mol. The molecule has 6 rings (SSSR count). The van der Waals surface area contributed by atoms with E-state index in [2.05, 4.69) is 0 Å². The number of esters is 1. The van der Waals surface area contributed by atoms with Crippen molar-refractivity contribution in [2.75, 3.05) is 6.79 Å². The van der Waals surface area contributed by atoms with Crippen LogP contribution >= 0.6 is 0 Å². The topological polar surface area (TPSA) is 164 Å². The van der Waals surface area contributed by atoms with Crippen molar-refractivity contribution in [2.24, 2.45) is 0 Å². The minimum atomic E-state index is -1.59. The van der Waals surface area contributed by atoms with Crippen molar-refractivity contribution in [2.45, 2.75) is 57.5 Å². The first-order valence-electron chi connectivity index (χ1n) is 12.1. The molecule has 5 N–H and O–H groups in total. The first-order chi connectivity index (χ1) is 18.3. The number of benzene rings is 3.